The van der Waals surface area contributed by atoms with Gasteiger partial charge in [-0.3, -0.25) is 10.1 Å². The average molecular weight is 355 g/mol. The van der Waals surface area contributed by atoms with Crippen LogP contribution in [0.25, 0.3) is 0 Å². The van der Waals surface area contributed by atoms with Crippen LogP contribution in [0.1, 0.15) is 0 Å². The van der Waals surface area contributed by atoms with Crippen molar-refractivity contribution in [2.24, 2.45) is 0 Å². The molecule has 2 N–H and O–H groups in total. The van der Waals surface area contributed by atoms with Crippen molar-refractivity contribution in [1.82, 2.24) is 15.0 Å². The molecule has 1 heterocycles. The monoisotopic (exact) mass is 354 g/mol. The van der Waals surface area contributed by atoms with Crippen LogP contribution in [0.3, 0.4) is 0 Å². The van der Waals surface area contributed by atoms with Crippen LogP contribution in [0, 0.1) is 10.1 Å². The Labute approximate surface area is 128 Å². The van der Waals surface area contributed by atoms with E-state index in [1.807, 2.05) is 0 Å². The van der Waals surface area contributed by atoms with Crippen molar-refractivity contribution >= 4 is 33.5 Å². The molecule has 0 radical (unpaired) electrons. The van der Waals surface area contributed by atoms with Crippen LogP contribution in [-0.4, -0.2) is 34.0 Å². The quantitative estimate of drug-likeness (QED) is 0.653. The maximum absolute atomic E-state index is 10.9. The zero-order valence-electron chi connectivity index (χ0n) is 11.1. The maximum atomic E-state index is 10.9. The Bertz CT molecular complexity index is 694. The molecule has 1 aromatic carbocycles. The van der Waals surface area contributed by atoms with Gasteiger partial charge in [-0.15, -0.1) is 0 Å². The second kappa shape index (κ2) is 5.87. The highest BCUT2D eigenvalue weighted by Gasteiger charge is 2.18. The zero-order valence-corrected chi connectivity index (χ0v) is 12.7. The minimum Gasteiger partial charge on any atom is -0.423 e. The number of nitro groups is 1. The number of nitrogens with two attached hydrogens (primary N) is 1. The summed E-state index contributed by atoms with van der Waals surface area (Å²) in [6.07, 6.45) is 0. The second-order valence-electron chi connectivity index (χ2n) is 4.12. The number of benzene rings is 1. The van der Waals surface area contributed by atoms with Gasteiger partial charge in [-0.1, -0.05) is 6.07 Å². The van der Waals surface area contributed by atoms with Crippen molar-refractivity contribution in [3.05, 3.63) is 32.8 Å². The van der Waals surface area contributed by atoms with E-state index in [2.05, 4.69) is 30.9 Å². The molecule has 1 aromatic heterocycles. The first-order valence-electron chi connectivity index (χ1n) is 5.68. The van der Waals surface area contributed by atoms with Gasteiger partial charge in [0.25, 0.3) is 5.69 Å². The highest BCUT2D eigenvalue weighted by molar-refractivity contribution is 9.10. The van der Waals surface area contributed by atoms with E-state index in [0.29, 0.717) is 5.95 Å². The lowest BCUT2D eigenvalue weighted by Crippen LogP contribution is -2.15. The predicted octanol–water partition coefficient (Wildman–Crippen LogP) is 1.98. The lowest BCUT2D eigenvalue weighted by Gasteiger charge is -2.12. The van der Waals surface area contributed by atoms with Crippen LogP contribution < -0.4 is 15.4 Å². The van der Waals surface area contributed by atoms with Crippen molar-refractivity contribution in [3.63, 3.8) is 0 Å². The van der Waals surface area contributed by atoms with Crippen molar-refractivity contribution in [1.29, 1.82) is 0 Å². The lowest BCUT2D eigenvalue weighted by atomic mass is 10.3. The highest BCUT2D eigenvalue weighted by atomic mass is 79.9. The number of nitrogen functional groups attached to an aromatic ring is 1. The third kappa shape index (κ3) is 3.34. The van der Waals surface area contributed by atoms with E-state index in [1.54, 1.807) is 25.1 Å². The minimum absolute atomic E-state index is 0.00902. The van der Waals surface area contributed by atoms with Crippen LogP contribution in [0.2, 0.25) is 0 Å². The SMILES string of the molecule is CN(C)c1nc(N)nc(Oc2cccc([N+](=O)[O-])c2Br)n1. The molecule has 0 aliphatic rings. The Morgan fingerprint density at radius 1 is 1.33 bits per heavy atom. The van der Waals surface area contributed by atoms with Crippen LogP contribution in [-0.2, 0) is 0 Å². The van der Waals surface area contributed by atoms with Crippen molar-refractivity contribution in [2.75, 3.05) is 24.7 Å². The first-order chi connectivity index (χ1) is 9.88. The summed E-state index contributed by atoms with van der Waals surface area (Å²) in [6, 6.07) is 4.35. The van der Waals surface area contributed by atoms with E-state index in [4.69, 9.17) is 10.5 Å². The van der Waals surface area contributed by atoms with Gasteiger partial charge in [0.1, 0.15) is 4.47 Å². The van der Waals surface area contributed by atoms with Crippen molar-refractivity contribution in [3.8, 4) is 11.8 Å². The number of hydrogen-bond donors (Lipinski definition) is 1. The standard InChI is InChI=1S/C11H11BrN6O3/c1-17(2)10-14-9(13)15-11(16-10)21-7-5-3-4-6(8(7)12)18(19)20/h3-5H,1-2H3,(H2,13,14,15,16). The van der Waals surface area contributed by atoms with Crippen molar-refractivity contribution in [2.45, 2.75) is 0 Å². The summed E-state index contributed by atoms with van der Waals surface area (Å²) >= 11 is 3.13. The molecule has 0 atom stereocenters. The van der Waals surface area contributed by atoms with Gasteiger partial charge in [0.05, 0.1) is 4.92 Å². The zero-order chi connectivity index (χ0) is 15.6. The molecule has 0 saturated heterocycles. The summed E-state index contributed by atoms with van der Waals surface area (Å²) in [4.78, 5) is 23.8. The first kappa shape index (κ1) is 14.9. The van der Waals surface area contributed by atoms with E-state index < -0.39 is 4.92 Å². The van der Waals surface area contributed by atoms with Gasteiger partial charge < -0.3 is 15.4 Å². The average Bonchev–Trinajstić information content (AvgIpc) is 2.40. The van der Waals surface area contributed by atoms with Gasteiger partial charge in [-0.05, 0) is 22.0 Å². The van der Waals surface area contributed by atoms with Crippen LogP contribution in [0.5, 0.6) is 11.8 Å². The fourth-order valence-corrected chi connectivity index (χ4v) is 1.91. The number of aromatic nitrogens is 3. The topological polar surface area (TPSA) is 120 Å². The Morgan fingerprint density at radius 2 is 2.05 bits per heavy atom. The molecular formula is C11H11BrN6O3. The number of ether oxygens (including phenoxy) is 1. The highest BCUT2D eigenvalue weighted by Crippen LogP contribution is 2.35. The summed E-state index contributed by atoms with van der Waals surface area (Å²) in [6.45, 7) is 0. The molecule has 9 nitrogen and oxygen atoms in total. The maximum Gasteiger partial charge on any atom is 0.328 e. The summed E-state index contributed by atoms with van der Waals surface area (Å²) in [5.41, 5.74) is 5.46. The summed E-state index contributed by atoms with van der Waals surface area (Å²) < 4.78 is 5.65. The second-order valence-corrected chi connectivity index (χ2v) is 4.91. The molecule has 0 aliphatic carbocycles. The van der Waals surface area contributed by atoms with Crippen molar-refractivity contribution < 1.29 is 9.66 Å². The lowest BCUT2D eigenvalue weighted by molar-refractivity contribution is -0.385. The first-order valence-corrected chi connectivity index (χ1v) is 6.47. The number of halogens is 1. The molecule has 2 rings (SSSR count). The Hall–Kier alpha value is -2.49. The Morgan fingerprint density at radius 3 is 2.67 bits per heavy atom. The van der Waals surface area contributed by atoms with E-state index in [-0.39, 0.29) is 27.9 Å². The molecule has 0 amide bonds. The van der Waals surface area contributed by atoms with Crippen LogP contribution in [0.15, 0.2) is 22.7 Å². The fraction of sp³-hybridized carbons (Fsp3) is 0.182. The molecule has 0 spiro atoms. The summed E-state index contributed by atoms with van der Waals surface area (Å²) in [5.74, 6) is 0.517. The van der Waals surface area contributed by atoms with Gasteiger partial charge in [0, 0.05) is 20.2 Å². The third-order valence-corrected chi connectivity index (χ3v) is 3.16. The third-order valence-electron chi connectivity index (χ3n) is 2.36. The number of nitrogens with zero attached hydrogens (tertiary/aromatic N) is 5. The molecule has 0 aliphatic heterocycles. The normalized spacial score (nSPS) is 10.2. The van der Waals surface area contributed by atoms with Crippen LogP contribution in [0.4, 0.5) is 17.6 Å². The fourth-order valence-electron chi connectivity index (χ4n) is 1.42. The largest absolute Gasteiger partial charge is 0.423 e. The summed E-state index contributed by atoms with van der Waals surface area (Å²) in [7, 11) is 3.48. The van der Waals surface area contributed by atoms with Gasteiger partial charge >= 0.3 is 6.01 Å². The van der Waals surface area contributed by atoms with Gasteiger partial charge in [0.15, 0.2) is 5.75 Å². The van der Waals surface area contributed by atoms with Gasteiger partial charge in [-0.2, -0.15) is 15.0 Å². The van der Waals surface area contributed by atoms with Gasteiger partial charge in [-0.25, -0.2) is 0 Å². The Balaban J connectivity index is 2.39. The van der Waals surface area contributed by atoms with E-state index in [1.165, 1.54) is 12.1 Å². The van der Waals surface area contributed by atoms with E-state index in [9.17, 15) is 10.1 Å². The number of anilines is 2. The van der Waals surface area contributed by atoms with Crippen LogP contribution >= 0.6 is 15.9 Å². The molecule has 21 heavy (non-hydrogen) atoms. The molecule has 0 saturated carbocycles. The molecule has 10 heteroatoms. The van der Waals surface area contributed by atoms with Gasteiger partial charge in [0.2, 0.25) is 11.9 Å². The number of hydrogen-bond acceptors (Lipinski definition) is 8. The number of nitro benzene ring substituents is 1. The Kier molecular flexibility index (Phi) is 4.17. The molecular weight excluding hydrogens is 344 g/mol. The minimum atomic E-state index is -0.524. The number of rotatable bonds is 4. The molecule has 110 valence electrons. The van der Waals surface area contributed by atoms with E-state index >= 15 is 0 Å². The molecule has 0 unspecified atom stereocenters. The molecule has 2 aromatic rings. The predicted molar refractivity (Wildman–Crippen MR) is 79.4 cm³/mol. The van der Waals surface area contributed by atoms with E-state index in [0.717, 1.165) is 0 Å². The molecule has 0 fully saturated rings. The summed E-state index contributed by atoms with van der Waals surface area (Å²) in [5, 5.41) is 10.9. The smallest absolute Gasteiger partial charge is 0.328 e. The molecule has 0 bridgehead atoms.